The second-order valence-corrected chi connectivity index (χ2v) is 7.95. The largest absolute Gasteiger partial charge is 0.390 e. The predicted octanol–water partition coefficient (Wildman–Crippen LogP) is 2.02. The molecule has 0 aromatic carbocycles. The van der Waals surface area contributed by atoms with Gasteiger partial charge in [-0.1, -0.05) is 39.0 Å². The Bertz CT molecular complexity index is 385. The molecule has 1 saturated heterocycles. The van der Waals surface area contributed by atoms with Crippen molar-refractivity contribution in [2.45, 2.75) is 95.9 Å². The lowest BCUT2D eigenvalue weighted by atomic mass is 9.85. The van der Waals surface area contributed by atoms with Crippen LogP contribution in [0.2, 0.25) is 0 Å². The molecule has 0 radical (unpaired) electrons. The predicted molar refractivity (Wildman–Crippen MR) is 97.7 cm³/mol. The SMILES string of the molecule is CCCN1C[C@@H](O)[C@@H](NC(=O)[C@@H](N)CC2CCCCC2)CC[C@H]1C. The van der Waals surface area contributed by atoms with E-state index in [-0.39, 0.29) is 11.9 Å². The first-order valence-corrected chi connectivity index (χ1v) is 9.99. The Kier molecular flexibility index (Phi) is 7.98. The van der Waals surface area contributed by atoms with Gasteiger partial charge in [0.2, 0.25) is 5.91 Å². The van der Waals surface area contributed by atoms with Crippen LogP contribution < -0.4 is 11.1 Å². The van der Waals surface area contributed by atoms with E-state index >= 15 is 0 Å². The number of nitrogens with zero attached hydrogens (tertiary/aromatic N) is 1. The van der Waals surface area contributed by atoms with Gasteiger partial charge in [0.25, 0.3) is 0 Å². The zero-order valence-electron chi connectivity index (χ0n) is 15.5. The van der Waals surface area contributed by atoms with Crippen LogP contribution in [0.1, 0.15) is 71.6 Å². The Labute approximate surface area is 147 Å². The molecule has 0 spiro atoms. The number of amides is 1. The number of aliphatic hydroxyl groups is 1. The minimum absolute atomic E-state index is 0.0822. The highest BCUT2D eigenvalue weighted by atomic mass is 16.3. The summed E-state index contributed by atoms with van der Waals surface area (Å²) in [7, 11) is 0. The fourth-order valence-electron chi connectivity index (χ4n) is 4.29. The Morgan fingerprint density at radius 2 is 1.96 bits per heavy atom. The molecular formula is C19H37N3O2. The minimum atomic E-state index is -0.507. The fraction of sp³-hybridized carbons (Fsp3) is 0.947. The molecule has 24 heavy (non-hydrogen) atoms. The molecule has 1 heterocycles. The van der Waals surface area contributed by atoms with Crippen LogP contribution in [0.3, 0.4) is 0 Å². The molecule has 4 N–H and O–H groups in total. The third kappa shape index (κ3) is 5.71. The number of carbonyl (C=O) groups excluding carboxylic acids is 1. The van der Waals surface area contributed by atoms with Gasteiger partial charge in [0.15, 0.2) is 0 Å². The number of nitrogens with one attached hydrogen (secondary N) is 1. The Balaban J connectivity index is 1.83. The van der Waals surface area contributed by atoms with Crippen molar-refractivity contribution < 1.29 is 9.90 Å². The molecule has 0 unspecified atom stereocenters. The van der Waals surface area contributed by atoms with Crippen molar-refractivity contribution in [1.82, 2.24) is 10.2 Å². The van der Waals surface area contributed by atoms with Gasteiger partial charge >= 0.3 is 0 Å². The van der Waals surface area contributed by atoms with Crippen LogP contribution in [0.4, 0.5) is 0 Å². The highest BCUT2D eigenvalue weighted by molar-refractivity contribution is 5.81. The maximum Gasteiger partial charge on any atom is 0.237 e. The van der Waals surface area contributed by atoms with Gasteiger partial charge in [0.1, 0.15) is 0 Å². The van der Waals surface area contributed by atoms with Gasteiger partial charge in [-0.15, -0.1) is 0 Å². The summed E-state index contributed by atoms with van der Waals surface area (Å²) in [5, 5.41) is 13.6. The van der Waals surface area contributed by atoms with Gasteiger partial charge in [0.05, 0.1) is 18.2 Å². The Hall–Kier alpha value is -0.650. The van der Waals surface area contributed by atoms with E-state index in [9.17, 15) is 9.90 Å². The van der Waals surface area contributed by atoms with Crippen molar-refractivity contribution in [1.29, 1.82) is 0 Å². The Morgan fingerprint density at radius 1 is 1.25 bits per heavy atom. The van der Waals surface area contributed by atoms with Gasteiger partial charge in [0, 0.05) is 12.6 Å². The topological polar surface area (TPSA) is 78.6 Å². The number of aliphatic hydroxyl groups excluding tert-OH is 1. The van der Waals surface area contributed by atoms with Crippen molar-refractivity contribution in [3.8, 4) is 0 Å². The zero-order chi connectivity index (χ0) is 17.5. The summed E-state index contributed by atoms with van der Waals surface area (Å²) in [4.78, 5) is 14.8. The molecule has 2 rings (SSSR count). The normalized spacial score (nSPS) is 31.4. The van der Waals surface area contributed by atoms with E-state index in [4.69, 9.17) is 5.73 Å². The second kappa shape index (κ2) is 9.73. The first-order valence-electron chi connectivity index (χ1n) is 9.99. The van der Waals surface area contributed by atoms with Crippen molar-refractivity contribution in [3.63, 3.8) is 0 Å². The van der Waals surface area contributed by atoms with Crippen LogP contribution in [0.5, 0.6) is 0 Å². The van der Waals surface area contributed by atoms with Gasteiger partial charge in [-0.3, -0.25) is 9.69 Å². The van der Waals surface area contributed by atoms with E-state index in [2.05, 4.69) is 24.1 Å². The van der Waals surface area contributed by atoms with Crippen LogP contribution in [0.15, 0.2) is 0 Å². The number of nitrogens with two attached hydrogens (primary N) is 1. The molecule has 140 valence electrons. The number of hydrogen-bond donors (Lipinski definition) is 3. The molecule has 4 atom stereocenters. The summed E-state index contributed by atoms with van der Waals surface area (Å²) >= 11 is 0. The fourth-order valence-corrected chi connectivity index (χ4v) is 4.29. The molecule has 5 heteroatoms. The van der Waals surface area contributed by atoms with Crippen LogP contribution in [0, 0.1) is 5.92 Å². The maximum atomic E-state index is 12.5. The quantitative estimate of drug-likeness (QED) is 0.692. The van der Waals surface area contributed by atoms with Crippen molar-refractivity contribution >= 4 is 5.91 Å². The van der Waals surface area contributed by atoms with Crippen LogP contribution in [-0.4, -0.2) is 53.2 Å². The highest BCUT2D eigenvalue weighted by Crippen LogP contribution is 2.27. The molecule has 1 aliphatic carbocycles. The molecule has 2 fully saturated rings. The number of carbonyl (C=O) groups is 1. The standard InChI is InChI=1S/C19H37N3O2/c1-3-11-22-13-18(23)17(10-9-14(22)2)21-19(24)16(20)12-15-7-5-4-6-8-15/h14-18,23H,3-13,20H2,1-2H3,(H,21,24)/t14-,16+,17+,18-/m1/s1. The first-order chi connectivity index (χ1) is 11.5. The summed E-state index contributed by atoms with van der Waals surface area (Å²) in [6, 6.07) is -0.149. The molecule has 0 bridgehead atoms. The van der Waals surface area contributed by atoms with Crippen molar-refractivity contribution in [3.05, 3.63) is 0 Å². The second-order valence-electron chi connectivity index (χ2n) is 7.95. The minimum Gasteiger partial charge on any atom is -0.390 e. The van der Waals surface area contributed by atoms with Crippen LogP contribution >= 0.6 is 0 Å². The third-order valence-corrected chi connectivity index (χ3v) is 5.89. The van der Waals surface area contributed by atoms with Crippen LogP contribution in [0.25, 0.3) is 0 Å². The van der Waals surface area contributed by atoms with E-state index in [1.165, 1.54) is 32.1 Å². The average molecular weight is 340 g/mol. The van der Waals surface area contributed by atoms with E-state index < -0.39 is 12.1 Å². The number of rotatable bonds is 6. The zero-order valence-corrected chi connectivity index (χ0v) is 15.5. The van der Waals surface area contributed by atoms with E-state index in [1.54, 1.807) is 0 Å². The molecule has 1 saturated carbocycles. The monoisotopic (exact) mass is 339 g/mol. The number of β-amino-alcohol motifs (C(OH)–C–C–N with tert-alkyl or cyclic N) is 1. The van der Waals surface area contributed by atoms with E-state index in [0.717, 1.165) is 32.2 Å². The molecule has 2 aliphatic rings. The Morgan fingerprint density at radius 3 is 2.62 bits per heavy atom. The first kappa shape index (κ1) is 19.7. The third-order valence-electron chi connectivity index (χ3n) is 5.89. The van der Waals surface area contributed by atoms with Gasteiger partial charge in [-0.05, 0) is 45.1 Å². The lowest BCUT2D eigenvalue weighted by molar-refractivity contribution is -0.124. The van der Waals surface area contributed by atoms with E-state index in [0.29, 0.717) is 18.5 Å². The molecule has 1 aliphatic heterocycles. The van der Waals surface area contributed by atoms with Crippen LogP contribution in [-0.2, 0) is 4.79 Å². The molecule has 1 amide bonds. The molecule has 5 nitrogen and oxygen atoms in total. The smallest absolute Gasteiger partial charge is 0.237 e. The van der Waals surface area contributed by atoms with Gasteiger partial charge < -0.3 is 16.2 Å². The summed E-state index contributed by atoms with van der Waals surface area (Å²) in [5.74, 6) is 0.514. The molecular weight excluding hydrogens is 302 g/mol. The van der Waals surface area contributed by atoms with Gasteiger partial charge in [-0.25, -0.2) is 0 Å². The summed E-state index contributed by atoms with van der Waals surface area (Å²) < 4.78 is 0. The summed E-state index contributed by atoms with van der Waals surface area (Å²) in [6.45, 7) is 6.01. The molecule has 0 aromatic heterocycles. The van der Waals surface area contributed by atoms with Crippen molar-refractivity contribution in [2.24, 2.45) is 11.7 Å². The van der Waals surface area contributed by atoms with Crippen molar-refractivity contribution in [2.75, 3.05) is 13.1 Å². The summed E-state index contributed by atoms with van der Waals surface area (Å²) in [5.41, 5.74) is 6.15. The maximum absolute atomic E-state index is 12.5. The highest BCUT2D eigenvalue weighted by Gasteiger charge is 2.31. The molecule has 0 aromatic rings. The number of likely N-dealkylation sites (tertiary alicyclic amines) is 1. The summed E-state index contributed by atoms with van der Waals surface area (Å²) in [6.07, 6.45) is 9.45. The van der Waals surface area contributed by atoms with E-state index in [1.807, 2.05) is 0 Å². The lowest BCUT2D eigenvalue weighted by Crippen LogP contribution is -2.51. The number of hydrogen-bond acceptors (Lipinski definition) is 4. The average Bonchev–Trinajstić information content (AvgIpc) is 2.69. The van der Waals surface area contributed by atoms with Gasteiger partial charge in [-0.2, -0.15) is 0 Å². The lowest BCUT2D eigenvalue weighted by Gasteiger charge is -2.29.